The summed E-state index contributed by atoms with van der Waals surface area (Å²) in [5.74, 6) is -0.231. The molecule has 2 aromatic heterocycles. The second-order valence-electron chi connectivity index (χ2n) is 8.59. The summed E-state index contributed by atoms with van der Waals surface area (Å²) in [5, 5.41) is 5.78. The molecule has 3 N–H and O–H groups in total. The summed E-state index contributed by atoms with van der Waals surface area (Å²) in [6, 6.07) is 6.03. The number of benzene rings is 1. The Morgan fingerprint density at radius 2 is 1.97 bits per heavy atom. The van der Waals surface area contributed by atoms with Gasteiger partial charge in [-0.05, 0) is 49.9 Å². The lowest BCUT2D eigenvalue weighted by molar-refractivity contribution is -0.110. The maximum absolute atomic E-state index is 13.6. The van der Waals surface area contributed by atoms with Gasteiger partial charge >= 0.3 is 0 Å². The summed E-state index contributed by atoms with van der Waals surface area (Å²) in [6.45, 7) is 4.85. The number of halogens is 2. The summed E-state index contributed by atoms with van der Waals surface area (Å²) >= 11 is 5.90. The number of likely N-dealkylation sites (N-methyl/N-ethyl adjacent to an activating group) is 1. The minimum Gasteiger partial charge on any atom is -0.351 e. The van der Waals surface area contributed by atoms with Crippen LogP contribution in [0.3, 0.4) is 0 Å². The maximum atomic E-state index is 13.6. The molecule has 2 amide bonds. The zero-order chi connectivity index (χ0) is 24.7. The van der Waals surface area contributed by atoms with Crippen LogP contribution in [0.5, 0.6) is 0 Å². The largest absolute Gasteiger partial charge is 0.351 e. The van der Waals surface area contributed by atoms with E-state index in [1.807, 2.05) is 24.9 Å². The Morgan fingerprint density at radius 3 is 2.71 bits per heavy atom. The number of aromatic nitrogens is 3. The molecule has 0 aliphatic carbocycles. The minimum absolute atomic E-state index is 0.0370. The molecule has 3 aromatic rings. The number of anilines is 3. The van der Waals surface area contributed by atoms with Gasteiger partial charge in [0, 0.05) is 37.6 Å². The van der Waals surface area contributed by atoms with E-state index in [9.17, 15) is 14.0 Å². The Balaban J connectivity index is 1.46. The van der Waals surface area contributed by atoms with Crippen LogP contribution in [0.2, 0.25) is 5.02 Å². The number of aryl methyl sites for hydroxylation is 1. The molecular formula is C24H23ClFN7O2. The highest BCUT2D eigenvalue weighted by atomic mass is 35.5. The number of carbonyl (C=O) groups excluding carboxylic acids is 2. The molecule has 0 unspecified atom stereocenters. The molecule has 2 aliphatic rings. The molecule has 2 aliphatic heterocycles. The Labute approximate surface area is 206 Å². The van der Waals surface area contributed by atoms with Gasteiger partial charge in [-0.25, -0.2) is 14.4 Å². The van der Waals surface area contributed by atoms with E-state index in [-0.39, 0.29) is 16.8 Å². The molecule has 1 fully saturated rings. The average Bonchev–Trinajstić information content (AvgIpc) is 3.36. The molecule has 0 atom stereocenters. The van der Waals surface area contributed by atoms with Crippen LogP contribution < -0.4 is 10.6 Å². The zero-order valence-electron chi connectivity index (χ0n) is 19.2. The molecule has 0 spiro atoms. The van der Waals surface area contributed by atoms with Crippen LogP contribution in [0.25, 0.3) is 11.6 Å². The number of hydrogen-bond donors (Lipinski definition) is 3. The van der Waals surface area contributed by atoms with Crippen molar-refractivity contribution in [2.24, 2.45) is 0 Å². The average molecular weight is 496 g/mol. The highest BCUT2D eigenvalue weighted by Crippen LogP contribution is 2.37. The number of nitrogens with one attached hydrogen (secondary N) is 3. The standard InChI is InChI=1S/C24H23ClFN7O2/c1-13-9-15(29-20(13)24(35)33-7-5-32(2)6-8-33)10-16-19-21(27-12-28-22(19)31-23(16)34)30-14-3-4-18(26)17(25)11-14/h3-4,9-12,29H,5-8H2,1-2H3,(H2,27,28,30,31,34). The predicted octanol–water partition coefficient (Wildman–Crippen LogP) is 3.53. The number of piperazine rings is 1. The monoisotopic (exact) mass is 495 g/mol. The molecule has 9 nitrogen and oxygen atoms in total. The molecule has 0 saturated carbocycles. The number of aromatic amines is 1. The molecule has 35 heavy (non-hydrogen) atoms. The van der Waals surface area contributed by atoms with E-state index in [2.05, 4.69) is 30.5 Å². The van der Waals surface area contributed by atoms with Gasteiger partial charge in [0.25, 0.3) is 11.8 Å². The number of hydrogen-bond acceptors (Lipinski definition) is 6. The Morgan fingerprint density at radius 1 is 1.20 bits per heavy atom. The van der Waals surface area contributed by atoms with E-state index >= 15 is 0 Å². The first-order chi connectivity index (χ1) is 16.8. The molecule has 11 heteroatoms. The third-order valence-electron chi connectivity index (χ3n) is 6.12. The predicted molar refractivity (Wildman–Crippen MR) is 132 cm³/mol. The lowest BCUT2D eigenvalue weighted by Crippen LogP contribution is -2.47. The van der Waals surface area contributed by atoms with Crippen molar-refractivity contribution in [1.82, 2.24) is 24.8 Å². The van der Waals surface area contributed by atoms with Crippen molar-refractivity contribution >= 4 is 52.4 Å². The lowest BCUT2D eigenvalue weighted by Gasteiger charge is -2.32. The van der Waals surface area contributed by atoms with Crippen LogP contribution in [0.1, 0.15) is 27.3 Å². The van der Waals surface area contributed by atoms with E-state index in [1.165, 1.54) is 24.5 Å². The van der Waals surface area contributed by atoms with Crippen LogP contribution in [0.4, 0.5) is 21.7 Å². The fourth-order valence-electron chi connectivity index (χ4n) is 4.17. The van der Waals surface area contributed by atoms with Crippen LogP contribution in [-0.4, -0.2) is 69.8 Å². The molecular weight excluding hydrogens is 473 g/mol. The highest BCUT2D eigenvalue weighted by molar-refractivity contribution is 6.35. The van der Waals surface area contributed by atoms with Crippen molar-refractivity contribution in [2.75, 3.05) is 43.9 Å². The first-order valence-corrected chi connectivity index (χ1v) is 11.5. The maximum Gasteiger partial charge on any atom is 0.270 e. The molecule has 0 bridgehead atoms. The quantitative estimate of drug-likeness (QED) is 0.478. The number of amides is 2. The fourth-order valence-corrected chi connectivity index (χ4v) is 4.35. The van der Waals surface area contributed by atoms with E-state index < -0.39 is 5.82 Å². The molecule has 0 radical (unpaired) electrons. The van der Waals surface area contributed by atoms with Gasteiger partial charge < -0.3 is 25.4 Å². The number of rotatable bonds is 4. The number of carbonyl (C=O) groups is 2. The Hall–Kier alpha value is -3.76. The van der Waals surface area contributed by atoms with E-state index in [1.54, 1.807) is 6.08 Å². The molecule has 5 rings (SSSR count). The van der Waals surface area contributed by atoms with Gasteiger partial charge in [0.2, 0.25) is 0 Å². The van der Waals surface area contributed by atoms with Gasteiger partial charge in [-0.3, -0.25) is 9.59 Å². The van der Waals surface area contributed by atoms with Crippen molar-refractivity contribution in [3.8, 4) is 0 Å². The van der Waals surface area contributed by atoms with E-state index in [0.717, 1.165) is 18.7 Å². The van der Waals surface area contributed by atoms with Crippen LogP contribution in [0.15, 0.2) is 30.6 Å². The van der Waals surface area contributed by atoms with Gasteiger partial charge in [-0.2, -0.15) is 0 Å². The molecule has 1 aromatic carbocycles. The Kier molecular flexibility index (Phi) is 6.00. The lowest BCUT2D eigenvalue weighted by atomic mass is 10.1. The first kappa shape index (κ1) is 23.0. The third kappa shape index (κ3) is 4.50. The van der Waals surface area contributed by atoms with Crippen LogP contribution >= 0.6 is 11.6 Å². The summed E-state index contributed by atoms with van der Waals surface area (Å²) in [4.78, 5) is 41.5. The number of nitrogens with zero attached hydrogens (tertiary/aromatic N) is 4. The summed E-state index contributed by atoms with van der Waals surface area (Å²) in [7, 11) is 2.04. The van der Waals surface area contributed by atoms with Crippen LogP contribution in [-0.2, 0) is 4.79 Å². The number of H-pyrrole nitrogens is 1. The normalized spacial score (nSPS) is 17.0. The smallest absolute Gasteiger partial charge is 0.270 e. The van der Waals surface area contributed by atoms with E-state index in [4.69, 9.17) is 11.6 Å². The van der Waals surface area contributed by atoms with E-state index in [0.29, 0.717) is 52.9 Å². The first-order valence-electron chi connectivity index (χ1n) is 11.1. The molecule has 180 valence electrons. The fraction of sp³-hybridized carbons (Fsp3) is 0.250. The van der Waals surface area contributed by atoms with Gasteiger partial charge in [0.05, 0.1) is 16.2 Å². The van der Waals surface area contributed by atoms with Gasteiger partial charge in [-0.15, -0.1) is 0 Å². The zero-order valence-corrected chi connectivity index (χ0v) is 19.9. The summed E-state index contributed by atoms with van der Waals surface area (Å²) < 4.78 is 13.6. The van der Waals surface area contributed by atoms with Crippen molar-refractivity contribution in [2.45, 2.75) is 6.92 Å². The second kappa shape index (κ2) is 9.12. The topological polar surface area (TPSA) is 106 Å². The summed E-state index contributed by atoms with van der Waals surface area (Å²) in [5.41, 5.74) is 3.21. The van der Waals surface area contributed by atoms with Crippen molar-refractivity contribution in [3.63, 3.8) is 0 Å². The molecule has 4 heterocycles. The SMILES string of the molecule is Cc1cc(C=C2C(=O)Nc3ncnc(Nc4ccc(F)c(Cl)c4)c32)[nH]c1C(=O)N1CCN(C)CC1. The third-order valence-corrected chi connectivity index (χ3v) is 6.41. The van der Waals surface area contributed by atoms with Gasteiger partial charge in [0.15, 0.2) is 0 Å². The Bertz CT molecular complexity index is 1360. The van der Waals surface area contributed by atoms with Crippen molar-refractivity contribution in [1.29, 1.82) is 0 Å². The number of fused-ring (bicyclic) bond motifs is 1. The minimum atomic E-state index is -0.536. The molecule has 1 saturated heterocycles. The highest BCUT2D eigenvalue weighted by Gasteiger charge is 2.30. The van der Waals surface area contributed by atoms with Crippen molar-refractivity contribution < 1.29 is 14.0 Å². The van der Waals surface area contributed by atoms with Crippen molar-refractivity contribution in [3.05, 3.63) is 63.9 Å². The second-order valence-corrected chi connectivity index (χ2v) is 9.00. The van der Waals surface area contributed by atoms with Gasteiger partial charge in [0.1, 0.15) is 29.5 Å². The van der Waals surface area contributed by atoms with Crippen LogP contribution in [0, 0.1) is 12.7 Å². The summed E-state index contributed by atoms with van der Waals surface area (Å²) in [6.07, 6.45) is 2.99. The van der Waals surface area contributed by atoms with Gasteiger partial charge in [-0.1, -0.05) is 11.6 Å².